The van der Waals surface area contributed by atoms with Gasteiger partial charge >= 0.3 is 29.6 Å². The van der Waals surface area contributed by atoms with Gasteiger partial charge in [-0.05, 0) is 60.7 Å². The van der Waals surface area contributed by atoms with Gasteiger partial charge in [0, 0.05) is 33.6 Å². The van der Waals surface area contributed by atoms with E-state index in [0.717, 1.165) is 38.9 Å². The summed E-state index contributed by atoms with van der Waals surface area (Å²) < 4.78 is 8.66. The van der Waals surface area contributed by atoms with Crippen LogP contribution in [0.1, 0.15) is 36.1 Å². The fourth-order valence-electron chi connectivity index (χ4n) is 3.56. The number of carboxylic acid groups (broad SMARTS) is 1. The van der Waals surface area contributed by atoms with Crippen molar-refractivity contribution >= 4 is 32.8 Å². The fourth-order valence-corrected chi connectivity index (χ4v) is 3.83. The number of methoxy groups -OCH3 is 1. The molecule has 27 heavy (non-hydrogen) atoms. The van der Waals surface area contributed by atoms with Crippen molar-refractivity contribution in [2.24, 2.45) is 0 Å². The SMILES string of the molecule is COc1ccc2c(c1)c(C(C)CC(=O)[O-])c(C)n2Cc1ccc(Br)cc1.[Na+]. The van der Waals surface area contributed by atoms with Crippen LogP contribution in [-0.2, 0) is 11.3 Å². The number of rotatable bonds is 6. The van der Waals surface area contributed by atoms with Crippen molar-refractivity contribution in [1.29, 1.82) is 0 Å². The van der Waals surface area contributed by atoms with Crippen LogP contribution in [0.3, 0.4) is 0 Å². The van der Waals surface area contributed by atoms with E-state index in [1.807, 2.05) is 44.2 Å². The molecule has 3 rings (SSSR count). The Labute approximate surface area is 189 Å². The van der Waals surface area contributed by atoms with E-state index in [1.54, 1.807) is 7.11 Å². The maximum Gasteiger partial charge on any atom is 1.00 e. The van der Waals surface area contributed by atoms with Crippen molar-refractivity contribution in [1.82, 2.24) is 4.57 Å². The van der Waals surface area contributed by atoms with Gasteiger partial charge in [-0.25, -0.2) is 0 Å². The van der Waals surface area contributed by atoms with E-state index in [4.69, 9.17) is 4.74 Å². The van der Waals surface area contributed by atoms with Gasteiger partial charge in [0.25, 0.3) is 0 Å². The van der Waals surface area contributed by atoms with Crippen molar-refractivity contribution in [3.63, 3.8) is 0 Å². The first-order valence-electron chi connectivity index (χ1n) is 8.51. The van der Waals surface area contributed by atoms with Crippen LogP contribution in [0.2, 0.25) is 0 Å². The minimum absolute atomic E-state index is 0. The standard InChI is InChI=1S/C21H22BrNO3.Na/c1-13(10-20(24)25)21-14(2)23(12-15-4-6-16(22)7-5-15)19-9-8-17(26-3)11-18(19)21;/h4-9,11,13H,10,12H2,1-3H3,(H,24,25);/q;+1/p-1. The molecule has 0 spiro atoms. The number of carboxylic acids is 1. The molecule has 136 valence electrons. The summed E-state index contributed by atoms with van der Waals surface area (Å²) in [6.07, 6.45) is -0.00452. The first-order valence-corrected chi connectivity index (χ1v) is 9.31. The third kappa shape index (κ3) is 4.77. The van der Waals surface area contributed by atoms with Crippen LogP contribution in [0.25, 0.3) is 10.9 Å². The topological polar surface area (TPSA) is 54.3 Å². The number of benzene rings is 2. The van der Waals surface area contributed by atoms with E-state index in [2.05, 4.69) is 32.6 Å². The normalized spacial score (nSPS) is 11.9. The number of carbonyl (C=O) groups excluding carboxylic acids is 1. The Morgan fingerprint density at radius 2 is 1.89 bits per heavy atom. The fraction of sp³-hybridized carbons (Fsp3) is 0.286. The number of hydrogen-bond acceptors (Lipinski definition) is 3. The van der Waals surface area contributed by atoms with E-state index in [9.17, 15) is 9.90 Å². The maximum absolute atomic E-state index is 11.1. The Kier molecular flexibility index (Phi) is 7.57. The summed E-state index contributed by atoms with van der Waals surface area (Å²) in [5.74, 6) is -0.408. The van der Waals surface area contributed by atoms with Crippen molar-refractivity contribution < 1.29 is 44.2 Å². The average Bonchev–Trinajstić information content (AvgIpc) is 2.87. The van der Waals surface area contributed by atoms with E-state index in [0.29, 0.717) is 0 Å². The molecule has 0 radical (unpaired) electrons. The van der Waals surface area contributed by atoms with Gasteiger partial charge in [0.2, 0.25) is 0 Å². The number of halogens is 1. The molecule has 2 aromatic carbocycles. The quantitative estimate of drug-likeness (QED) is 0.541. The summed E-state index contributed by atoms with van der Waals surface area (Å²) in [7, 11) is 1.64. The molecule has 0 fully saturated rings. The zero-order chi connectivity index (χ0) is 18.8. The molecule has 0 amide bonds. The molecule has 1 unspecified atom stereocenters. The molecule has 1 atom stereocenters. The van der Waals surface area contributed by atoms with Crippen LogP contribution < -0.4 is 39.4 Å². The summed E-state index contributed by atoms with van der Waals surface area (Å²) in [6.45, 7) is 4.70. The molecule has 0 N–H and O–H groups in total. The predicted molar refractivity (Wildman–Crippen MR) is 105 cm³/mol. The van der Waals surface area contributed by atoms with Gasteiger partial charge in [-0.15, -0.1) is 0 Å². The van der Waals surface area contributed by atoms with Crippen LogP contribution >= 0.6 is 15.9 Å². The summed E-state index contributed by atoms with van der Waals surface area (Å²) in [5.41, 5.74) is 4.37. The van der Waals surface area contributed by atoms with E-state index < -0.39 is 5.97 Å². The third-order valence-electron chi connectivity index (χ3n) is 4.80. The number of hydrogen-bond donors (Lipinski definition) is 0. The Balaban J connectivity index is 0.00000261. The van der Waals surface area contributed by atoms with Gasteiger partial charge < -0.3 is 19.2 Å². The van der Waals surface area contributed by atoms with Gasteiger partial charge in [0.15, 0.2) is 0 Å². The van der Waals surface area contributed by atoms with Crippen LogP contribution in [0.4, 0.5) is 0 Å². The summed E-state index contributed by atoms with van der Waals surface area (Å²) in [6, 6.07) is 14.2. The van der Waals surface area contributed by atoms with Gasteiger partial charge in [-0.2, -0.15) is 0 Å². The van der Waals surface area contributed by atoms with E-state index in [1.165, 1.54) is 5.56 Å². The molecule has 6 heteroatoms. The third-order valence-corrected chi connectivity index (χ3v) is 5.33. The van der Waals surface area contributed by atoms with Crippen LogP contribution in [0.15, 0.2) is 46.9 Å². The largest absolute Gasteiger partial charge is 1.00 e. The second-order valence-electron chi connectivity index (χ2n) is 6.57. The Morgan fingerprint density at radius 1 is 1.22 bits per heavy atom. The molecule has 0 saturated heterocycles. The molecule has 4 nitrogen and oxygen atoms in total. The number of ether oxygens (including phenoxy) is 1. The van der Waals surface area contributed by atoms with Crippen molar-refractivity contribution in [3.05, 3.63) is 63.8 Å². The van der Waals surface area contributed by atoms with Crippen LogP contribution in [-0.4, -0.2) is 17.6 Å². The first kappa shape index (κ1) is 22.0. The number of carbonyl (C=O) groups is 1. The molecule has 0 saturated carbocycles. The Hall–Kier alpha value is -1.27. The van der Waals surface area contributed by atoms with Gasteiger partial charge in [0.05, 0.1) is 7.11 Å². The summed E-state index contributed by atoms with van der Waals surface area (Å²) in [5, 5.41) is 12.2. The number of fused-ring (bicyclic) bond motifs is 1. The maximum atomic E-state index is 11.1. The van der Waals surface area contributed by atoms with Gasteiger partial charge in [0.1, 0.15) is 5.75 Å². The number of nitrogens with zero attached hydrogens (tertiary/aromatic N) is 1. The van der Waals surface area contributed by atoms with Crippen molar-refractivity contribution in [2.45, 2.75) is 32.7 Å². The molecule has 3 aromatic rings. The minimum Gasteiger partial charge on any atom is -0.550 e. The molecule has 0 bridgehead atoms. The van der Waals surface area contributed by atoms with Gasteiger partial charge in [-0.1, -0.05) is 35.0 Å². The van der Waals surface area contributed by atoms with Crippen molar-refractivity contribution in [2.75, 3.05) is 7.11 Å². The minimum atomic E-state index is -1.03. The number of aliphatic carboxylic acids is 1. The zero-order valence-electron chi connectivity index (χ0n) is 16.1. The Bertz CT molecular complexity index is 950. The average molecular weight is 438 g/mol. The molecule has 0 aliphatic rings. The van der Waals surface area contributed by atoms with Crippen molar-refractivity contribution in [3.8, 4) is 5.75 Å². The molecular weight excluding hydrogens is 417 g/mol. The molecule has 0 aliphatic heterocycles. The second kappa shape index (κ2) is 9.28. The molecule has 1 heterocycles. The molecule has 1 aromatic heterocycles. The predicted octanol–water partition coefficient (Wildman–Crippen LogP) is 1.02. The first-order chi connectivity index (χ1) is 12.4. The monoisotopic (exact) mass is 437 g/mol. The summed E-state index contributed by atoms with van der Waals surface area (Å²) >= 11 is 3.46. The van der Waals surface area contributed by atoms with Crippen LogP contribution in [0, 0.1) is 6.92 Å². The van der Waals surface area contributed by atoms with E-state index >= 15 is 0 Å². The summed E-state index contributed by atoms with van der Waals surface area (Å²) in [4.78, 5) is 11.1. The molecular formula is C21H21BrNNaO3. The van der Waals surface area contributed by atoms with Gasteiger partial charge in [-0.3, -0.25) is 0 Å². The smallest absolute Gasteiger partial charge is 0.550 e. The van der Waals surface area contributed by atoms with E-state index in [-0.39, 0.29) is 41.9 Å². The number of aromatic nitrogens is 1. The Morgan fingerprint density at radius 3 is 2.48 bits per heavy atom. The molecule has 0 aliphatic carbocycles. The second-order valence-corrected chi connectivity index (χ2v) is 7.49. The zero-order valence-corrected chi connectivity index (χ0v) is 19.7. The van der Waals surface area contributed by atoms with Crippen LogP contribution in [0.5, 0.6) is 5.75 Å².